The number of anilines is 3. The molecule has 0 bridgehead atoms. The lowest BCUT2D eigenvalue weighted by Gasteiger charge is -2.11. The van der Waals surface area contributed by atoms with Crippen molar-refractivity contribution in [3.8, 4) is 0 Å². The summed E-state index contributed by atoms with van der Waals surface area (Å²) in [5, 5.41) is 12.9. The quantitative estimate of drug-likeness (QED) is 0.804. The van der Waals surface area contributed by atoms with E-state index in [1.54, 1.807) is 12.1 Å². The van der Waals surface area contributed by atoms with Crippen LogP contribution in [0.4, 0.5) is 17.2 Å². The molecule has 0 saturated heterocycles. The maximum Gasteiger partial charge on any atom is 0.337 e. The minimum atomic E-state index is -1.12. The minimum absolute atomic E-state index is 0.0307. The van der Waals surface area contributed by atoms with Crippen LogP contribution in [0.5, 0.6) is 0 Å². The molecule has 104 valence electrons. The normalized spacial score (nSPS) is 10.3. The number of carbonyl (C=O) groups is 1. The van der Waals surface area contributed by atoms with Crippen molar-refractivity contribution in [2.45, 2.75) is 6.92 Å². The number of nitrogens with one attached hydrogen (secondary N) is 1. The van der Waals surface area contributed by atoms with E-state index in [9.17, 15) is 4.79 Å². The van der Waals surface area contributed by atoms with Crippen LogP contribution in [0, 0.1) is 6.92 Å². The highest BCUT2D eigenvalue weighted by atomic mass is 35.5. The molecule has 2 aromatic rings. The summed E-state index contributed by atoms with van der Waals surface area (Å²) in [5.41, 5.74) is 6.99. The summed E-state index contributed by atoms with van der Waals surface area (Å²) in [4.78, 5) is 15.0. The first-order valence-electron chi connectivity index (χ1n) is 5.60. The van der Waals surface area contributed by atoms with Gasteiger partial charge in [-0.15, -0.1) is 0 Å². The van der Waals surface area contributed by atoms with Crippen LogP contribution in [0.25, 0.3) is 0 Å². The van der Waals surface area contributed by atoms with Gasteiger partial charge in [-0.1, -0.05) is 23.2 Å². The molecule has 0 aliphatic rings. The molecule has 0 aliphatic heterocycles. The van der Waals surface area contributed by atoms with E-state index >= 15 is 0 Å². The average Bonchev–Trinajstić information content (AvgIpc) is 2.37. The Balaban J connectivity index is 2.38. The summed E-state index contributed by atoms with van der Waals surface area (Å²) in [7, 11) is 0. The summed E-state index contributed by atoms with van der Waals surface area (Å²) in [5.74, 6) is -0.806. The van der Waals surface area contributed by atoms with E-state index in [-0.39, 0.29) is 11.3 Å². The van der Waals surface area contributed by atoms with Gasteiger partial charge in [0.05, 0.1) is 28.2 Å². The van der Waals surface area contributed by atoms with Crippen LogP contribution in [0.3, 0.4) is 0 Å². The molecule has 4 N–H and O–H groups in total. The van der Waals surface area contributed by atoms with Crippen molar-refractivity contribution in [3.05, 3.63) is 45.6 Å². The summed E-state index contributed by atoms with van der Waals surface area (Å²) >= 11 is 12.1. The Morgan fingerprint density at radius 3 is 2.65 bits per heavy atom. The number of pyridine rings is 1. The van der Waals surface area contributed by atoms with Crippen LogP contribution in [0.15, 0.2) is 24.4 Å². The molecule has 1 aromatic heterocycles. The highest BCUT2D eigenvalue weighted by Crippen LogP contribution is 2.31. The van der Waals surface area contributed by atoms with Gasteiger partial charge in [0.2, 0.25) is 0 Å². The predicted octanol–water partition coefficient (Wildman–Crippen LogP) is 3.72. The van der Waals surface area contributed by atoms with Gasteiger partial charge < -0.3 is 16.2 Å². The van der Waals surface area contributed by atoms with Crippen molar-refractivity contribution in [1.29, 1.82) is 0 Å². The number of nitrogen functional groups attached to an aromatic ring is 1. The molecule has 0 saturated carbocycles. The van der Waals surface area contributed by atoms with E-state index in [4.69, 9.17) is 34.0 Å². The summed E-state index contributed by atoms with van der Waals surface area (Å²) < 4.78 is 0. The number of benzene rings is 1. The van der Waals surface area contributed by atoms with Gasteiger partial charge in [-0.2, -0.15) is 0 Å². The van der Waals surface area contributed by atoms with Crippen LogP contribution in [0.2, 0.25) is 10.0 Å². The first kappa shape index (κ1) is 14.4. The van der Waals surface area contributed by atoms with Crippen molar-refractivity contribution >= 4 is 46.4 Å². The second-order valence-corrected chi connectivity index (χ2v) is 4.98. The van der Waals surface area contributed by atoms with E-state index in [2.05, 4.69) is 10.3 Å². The zero-order valence-electron chi connectivity index (χ0n) is 10.4. The number of halogens is 2. The Morgan fingerprint density at radius 1 is 1.30 bits per heavy atom. The van der Waals surface area contributed by atoms with Crippen molar-refractivity contribution < 1.29 is 9.90 Å². The third kappa shape index (κ3) is 2.95. The van der Waals surface area contributed by atoms with E-state index < -0.39 is 5.97 Å². The van der Waals surface area contributed by atoms with Gasteiger partial charge in [0.1, 0.15) is 5.82 Å². The standard InChI is InChI=1S/C13H11Cl2N3O2/c1-6-2-9(15)11(4-8(6)14)18-12-3-7(13(19)20)10(16)5-17-12/h2-5H,16H2,1H3,(H,17,18)(H,19,20). The molecule has 0 atom stereocenters. The molecule has 20 heavy (non-hydrogen) atoms. The second-order valence-electron chi connectivity index (χ2n) is 4.17. The molecule has 0 fully saturated rings. The number of nitrogens with zero attached hydrogens (tertiary/aromatic N) is 1. The van der Waals surface area contributed by atoms with Gasteiger partial charge in [-0.05, 0) is 30.7 Å². The highest BCUT2D eigenvalue weighted by molar-refractivity contribution is 6.35. The smallest absolute Gasteiger partial charge is 0.337 e. The first-order chi connectivity index (χ1) is 9.38. The molecule has 7 heteroatoms. The molecule has 0 amide bonds. The lowest BCUT2D eigenvalue weighted by molar-refractivity contribution is 0.0698. The number of nitrogens with two attached hydrogens (primary N) is 1. The monoisotopic (exact) mass is 311 g/mol. The molecule has 0 aliphatic carbocycles. The van der Waals surface area contributed by atoms with Crippen LogP contribution in [0.1, 0.15) is 15.9 Å². The topological polar surface area (TPSA) is 88.2 Å². The Bertz CT molecular complexity index is 690. The Labute approximate surface area is 125 Å². The lowest BCUT2D eigenvalue weighted by atomic mass is 10.2. The van der Waals surface area contributed by atoms with E-state index in [1.807, 2.05) is 6.92 Å². The number of aromatic carboxylic acids is 1. The van der Waals surface area contributed by atoms with Gasteiger partial charge in [-0.25, -0.2) is 9.78 Å². The lowest BCUT2D eigenvalue weighted by Crippen LogP contribution is -2.05. The maximum atomic E-state index is 11.0. The van der Waals surface area contributed by atoms with Gasteiger partial charge in [0.15, 0.2) is 0 Å². The van der Waals surface area contributed by atoms with E-state index in [0.717, 1.165) is 5.56 Å². The van der Waals surface area contributed by atoms with Crippen molar-refractivity contribution in [2.24, 2.45) is 0 Å². The second kappa shape index (κ2) is 5.56. The first-order valence-corrected chi connectivity index (χ1v) is 6.35. The number of carboxylic acids is 1. The SMILES string of the molecule is Cc1cc(Cl)c(Nc2cc(C(=O)O)c(N)cn2)cc1Cl. The summed E-state index contributed by atoms with van der Waals surface area (Å²) in [6.07, 6.45) is 1.27. The van der Waals surface area contributed by atoms with E-state index in [0.29, 0.717) is 21.6 Å². The molecular formula is C13H11Cl2N3O2. The number of aromatic nitrogens is 1. The molecule has 0 spiro atoms. The Morgan fingerprint density at radius 2 is 2.00 bits per heavy atom. The molecule has 0 unspecified atom stereocenters. The molecule has 1 heterocycles. The van der Waals surface area contributed by atoms with Crippen molar-refractivity contribution in [3.63, 3.8) is 0 Å². The number of hydrogen-bond acceptors (Lipinski definition) is 4. The molecule has 0 radical (unpaired) electrons. The minimum Gasteiger partial charge on any atom is -0.478 e. The third-order valence-electron chi connectivity index (χ3n) is 2.68. The fraction of sp³-hybridized carbons (Fsp3) is 0.0769. The van der Waals surface area contributed by atoms with Crippen LogP contribution < -0.4 is 11.1 Å². The number of rotatable bonds is 3. The van der Waals surface area contributed by atoms with Crippen LogP contribution >= 0.6 is 23.2 Å². The molecule has 2 rings (SSSR count). The number of carboxylic acid groups (broad SMARTS) is 1. The largest absolute Gasteiger partial charge is 0.478 e. The summed E-state index contributed by atoms with van der Waals surface area (Å²) in [6.45, 7) is 1.84. The molecule has 1 aromatic carbocycles. The van der Waals surface area contributed by atoms with Gasteiger partial charge in [0.25, 0.3) is 0 Å². The van der Waals surface area contributed by atoms with Gasteiger partial charge in [-0.3, -0.25) is 0 Å². The predicted molar refractivity (Wildman–Crippen MR) is 80.1 cm³/mol. The number of aryl methyl sites for hydroxylation is 1. The zero-order chi connectivity index (χ0) is 14.9. The molecular weight excluding hydrogens is 301 g/mol. The van der Waals surface area contributed by atoms with Crippen molar-refractivity contribution in [1.82, 2.24) is 4.98 Å². The van der Waals surface area contributed by atoms with E-state index in [1.165, 1.54) is 12.3 Å². The molecule has 5 nitrogen and oxygen atoms in total. The fourth-order valence-corrected chi connectivity index (χ4v) is 2.03. The van der Waals surface area contributed by atoms with Gasteiger partial charge in [0, 0.05) is 5.02 Å². The third-order valence-corrected chi connectivity index (χ3v) is 3.40. The number of hydrogen-bond donors (Lipinski definition) is 3. The average molecular weight is 312 g/mol. The fourth-order valence-electron chi connectivity index (χ4n) is 1.60. The maximum absolute atomic E-state index is 11.0. The Hall–Kier alpha value is -1.98. The van der Waals surface area contributed by atoms with Crippen molar-refractivity contribution in [2.75, 3.05) is 11.1 Å². The van der Waals surface area contributed by atoms with Crippen LogP contribution in [-0.4, -0.2) is 16.1 Å². The highest BCUT2D eigenvalue weighted by Gasteiger charge is 2.11. The summed E-state index contributed by atoms with van der Waals surface area (Å²) in [6, 6.07) is 4.70. The zero-order valence-corrected chi connectivity index (χ0v) is 12.0. The Kier molecular flexibility index (Phi) is 4.01. The van der Waals surface area contributed by atoms with Crippen LogP contribution in [-0.2, 0) is 0 Å². The van der Waals surface area contributed by atoms with Gasteiger partial charge >= 0.3 is 5.97 Å².